The molecule has 4 rings (SSSR count). The lowest BCUT2D eigenvalue weighted by atomic mass is 10.2. The quantitative estimate of drug-likeness (QED) is 0.493. The summed E-state index contributed by atoms with van der Waals surface area (Å²) in [6.45, 7) is 4.10. The van der Waals surface area contributed by atoms with Crippen LogP contribution < -0.4 is 0 Å². The normalized spacial score (nSPS) is 10.3. The summed E-state index contributed by atoms with van der Waals surface area (Å²) in [4.78, 5) is 16.7. The fraction of sp³-hybridized carbons (Fsp3) is 0.111. The predicted molar refractivity (Wildman–Crippen MR) is 88.6 cm³/mol. The van der Waals surface area contributed by atoms with E-state index in [0.29, 0.717) is 0 Å². The molecular weight excluding hydrogens is 272 g/mol. The number of aryl methyl sites for hydroxylation is 2. The van der Waals surface area contributed by atoms with Crippen LogP contribution in [0.25, 0.3) is 22.1 Å². The van der Waals surface area contributed by atoms with Crippen molar-refractivity contribution in [3.05, 3.63) is 72.3 Å². The van der Waals surface area contributed by atoms with Crippen molar-refractivity contribution in [1.29, 1.82) is 0 Å². The van der Waals surface area contributed by atoms with Crippen LogP contribution in [0.15, 0.2) is 61.2 Å². The van der Waals surface area contributed by atoms with Gasteiger partial charge < -0.3 is 0 Å². The molecule has 0 saturated heterocycles. The third kappa shape index (κ3) is 3.23. The van der Waals surface area contributed by atoms with Gasteiger partial charge in [-0.1, -0.05) is 12.1 Å². The fourth-order valence-corrected chi connectivity index (χ4v) is 2.15. The Balaban J connectivity index is 0.000000131. The van der Waals surface area contributed by atoms with E-state index < -0.39 is 0 Å². The Morgan fingerprint density at radius 3 is 1.27 bits per heavy atom. The Labute approximate surface area is 128 Å². The van der Waals surface area contributed by atoms with Gasteiger partial charge in [-0.25, -0.2) is 0 Å². The van der Waals surface area contributed by atoms with Gasteiger partial charge in [-0.15, -0.1) is 0 Å². The number of rotatable bonds is 0. The molecule has 0 unspecified atom stereocenters. The van der Waals surface area contributed by atoms with E-state index in [1.165, 1.54) is 11.1 Å². The highest BCUT2D eigenvalue weighted by Crippen LogP contribution is 2.09. The largest absolute Gasteiger partial charge is 0.253 e. The summed E-state index contributed by atoms with van der Waals surface area (Å²) < 4.78 is 0. The standard InChI is InChI=1S/2C9H8N2/c2*1-7-2-3-8-9(6-7)11-5-4-10-8/h2*2-6H,1H3. The number of aromatic nitrogens is 4. The molecular formula is C18H16N4. The SMILES string of the molecule is Cc1ccc2nccnc2c1.Cc1ccc2nccnc2c1. The molecule has 0 bridgehead atoms. The van der Waals surface area contributed by atoms with Gasteiger partial charge in [0.15, 0.2) is 0 Å². The first-order valence-electron chi connectivity index (χ1n) is 7.07. The molecule has 0 fully saturated rings. The van der Waals surface area contributed by atoms with Crippen LogP contribution in [0.5, 0.6) is 0 Å². The topological polar surface area (TPSA) is 51.6 Å². The Bertz CT molecular complexity index is 841. The third-order valence-electron chi connectivity index (χ3n) is 3.25. The Kier molecular flexibility index (Phi) is 4.01. The summed E-state index contributed by atoms with van der Waals surface area (Å²) in [5.74, 6) is 0. The monoisotopic (exact) mass is 288 g/mol. The Morgan fingerprint density at radius 1 is 0.500 bits per heavy atom. The first kappa shape index (κ1) is 14.1. The average Bonchev–Trinajstić information content (AvgIpc) is 2.55. The summed E-state index contributed by atoms with van der Waals surface area (Å²) >= 11 is 0. The highest BCUT2D eigenvalue weighted by molar-refractivity contribution is 5.74. The molecule has 0 saturated carbocycles. The molecule has 4 nitrogen and oxygen atoms in total. The third-order valence-corrected chi connectivity index (χ3v) is 3.25. The van der Waals surface area contributed by atoms with Gasteiger partial charge in [-0.05, 0) is 49.2 Å². The van der Waals surface area contributed by atoms with Crippen molar-refractivity contribution in [2.45, 2.75) is 13.8 Å². The molecule has 22 heavy (non-hydrogen) atoms. The molecule has 2 aromatic carbocycles. The first-order valence-corrected chi connectivity index (χ1v) is 7.07. The number of fused-ring (bicyclic) bond motifs is 2. The van der Waals surface area contributed by atoms with Crippen LogP contribution >= 0.6 is 0 Å². The highest BCUT2D eigenvalue weighted by atomic mass is 14.8. The van der Waals surface area contributed by atoms with Gasteiger partial charge in [-0.2, -0.15) is 0 Å². The lowest BCUT2D eigenvalue weighted by Crippen LogP contribution is -1.81. The van der Waals surface area contributed by atoms with Gasteiger partial charge in [0.05, 0.1) is 22.1 Å². The minimum Gasteiger partial charge on any atom is -0.253 e. The lowest BCUT2D eigenvalue weighted by Gasteiger charge is -1.95. The zero-order valence-corrected chi connectivity index (χ0v) is 12.6. The van der Waals surface area contributed by atoms with Crippen molar-refractivity contribution < 1.29 is 0 Å². The van der Waals surface area contributed by atoms with Gasteiger partial charge >= 0.3 is 0 Å². The maximum absolute atomic E-state index is 4.18. The van der Waals surface area contributed by atoms with Crippen LogP contribution in [0.1, 0.15) is 11.1 Å². The molecule has 0 N–H and O–H groups in total. The van der Waals surface area contributed by atoms with Crippen LogP contribution in [-0.2, 0) is 0 Å². The van der Waals surface area contributed by atoms with Gasteiger partial charge in [0.2, 0.25) is 0 Å². The molecule has 4 heteroatoms. The Morgan fingerprint density at radius 2 is 0.864 bits per heavy atom. The molecule has 0 aliphatic rings. The van der Waals surface area contributed by atoms with Crippen LogP contribution in [-0.4, -0.2) is 19.9 Å². The van der Waals surface area contributed by atoms with Crippen LogP contribution in [0.3, 0.4) is 0 Å². The number of hydrogen-bond acceptors (Lipinski definition) is 4. The summed E-state index contributed by atoms with van der Waals surface area (Å²) in [5, 5.41) is 0. The van der Waals surface area contributed by atoms with Gasteiger partial charge in [0.1, 0.15) is 0 Å². The number of benzene rings is 2. The van der Waals surface area contributed by atoms with E-state index in [2.05, 4.69) is 19.9 Å². The van der Waals surface area contributed by atoms with E-state index in [9.17, 15) is 0 Å². The molecule has 0 spiro atoms. The zero-order valence-electron chi connectivity index (χ0n) is 12.6. The molecule has 0 radical (unpaired) electrons. The maximum atomic E-state index is 4.18. The van der Waals surface area contributed by atoms with Crippen LogP contribution in [0.4, 0.5) is 0 Å². The van der Waals surface area contributed by atoms with E-state index in [4.69, 9.17) is 0 Å². The molecule has 0 amide bonds. The molecule has 0 atom stereocenters. The number of hydrogen-bond donors (Lipinski definition) is 0. The zero-order chi connectivity index (χ0) is 15.4. The maximum Gasteiger partial charge on any atom is 0.0889 e. The van der Waals surface area contributed by atoms with Crippen LogP contribution in [0.2, 0.25) is 0 Å². The summed E-state index contributed by atoms with van der Waals surface area (Å²) in [6, 6.07) is 12.1. The summed E-state index contributed by atoms with van der Waals surface area (Å²) in [5.41, 5.74) is 6.28. The van der Waals surface area contributed by atoms with Crippen molar-refractivity contribution >= 4 is 22.1 Å². The average molecular weight is 288 g/mol. The highest BCUT2D eigenvalue weighted by Gasteiger charge is 1.93. The summed E-state index contributed by atoms with van der Waals surface area (Å²) in [7, 11) is 0. The van der Waals surface area contributed by atoms with Gasteiger partial charge in [0.25, 0.3) is 0 Å². The van der Waals surface area contributed by atoms with Crippen molar-refractivity contribution in [2.24, 2.45) is 0 Å². The van der Waals surface area contributed by atoms with E-state index in [0.717, 1.165) is 22.1 Å². The molecule has 0 aliphatic heterocycles. The lowest BCUT2D eigenvalue weighted by molar-refractivity contribution is 1.28. The molecule has 2 heterocycles. The second-order valence-corrected chi connectivity index (χ2v) is 5.10. The van der Waals surface area contributed by atoms with Crippen LogP contribution in [0, 0.1) is 13.8 Å². The van der Waals surface area contributed by atoms with E-state index in [1.54, 1.807) is 24.8 Å². The van der Waals surface area contributed by atoms with Gasteiger partial charge in [-0.3, -0.25) is 19.9 Å². The van der Waals surface area contributed by atoms with Gasteiger partial charge in [0, 0.05) is 24.8 Å². The van der Waals surface area contributed by atoms with Crippen molar-refractivity contribution in [3.8, 4) is 0 Å². The molecule has 108 valence electrons. The van der Waals surface area contributed by atoms with Crippen molar-refractivity contribution in [3.63, 3.8) is 0 Å². The van der Waals surface area contributed by atoms with Crippen molar-refractivity contribution in [2.75, 3.05) is 0 Å². The summed E-state index contributed by atoms with van der Waals surface area (Å²) in [6.07, 6.45) is 6.83. The second-order valence-electron chi connectivity index (χ2n) is 5.10. The molecule has 4 aromatic rings. The van der Waals surface area contributed by atoms with E-state index in [1.807, 2.05) is 50.2 Å². The smallest absolute Gasteiger partial charge is 0.0889 e. The fourth-order valence-electron chi connectivity index (χ4n) is 2.15. The van der Waals surface area contributed by atoms with E-state index in [-0.39, 0.29) is 0 Å². The van der Waals surface area contributed by atoms with Crippen molar-refractivity contribution in [1.82, 2.24) is 19.9 Å². The Hall–Kier alpha value is -2.88. The van der Waals surface area contributed by atoms with E-state index >= 15 is 0 Å². The molecule has 0 aliphatic carbocycles. The first-order chi connectivity index (χ1) is 10.7. The predicted octanol–water partition coefficient (Wildman–Crippen LogP) is 3.88. The minimum atomic E-state index is 0.957. The minimum absolute atomic E-state index is 0.957. The number of nitrogens with zero attached hydrogens (tertiary/aromatic N) is 4. The molecule has 2 aromatic heterocycles. The second kappa shape index (κ2) is 6.26.